The van der Waals surface area contributed by atoms with Crippen molar-refractivity contribution in [1.82, 2.24) is 0 Å². The third kappa shape index (κ3) is 17.7. The average Bonchev–Trinajstić information content (AvgIpc) is 3.41. The van der Waals surface area contributed by atoms with E-state index in [-0.39, 0.29) is 102 Å². The fourth-order valence-corrected chi connectivity index (χ4v) is 9.78. The molecule has 0 aromatic heterocycles. The normalized spacial score (nSPS) is 11.9. The van der Waals surface area contributed by atoms with Crippen molar-refractivity contribution in [1.29, 1.82) is 0 Å². The van der Waals surface area contributed by atoms with Gasteiger partial charge in [-0.25, -0.2) is 4.79 Å². The first-order chi connectivity index (χ1) is 36.9. The van der Waals surface area contributed by atoms with Crippen molar-refractivity contribution in [3.8, 4) is 23.0 Å². The predicted octanol–water partition coefficient (Wildman–Crippen LogP) is 11.6. The molecule has 412 valence electrons. The van der Waals surface area contributed by atoms with Gasteiger partial charge in [-0.15, -0.1) is 0 Å². The molecule has 0 radical (unpaired) electrons. The van der Waals surface area contributed by atoms with Crippen LogP contribution in [-0.4, -0.2) is 97.3 Å². The van der Waals surface area contributed by atoms with E-state index >= 15 is 0 Å². The van der Waals surface area contributed by atoms with Gasteiger partial charge in [0.2, 0.25) is 0 Å². The number of ether oxygens (including phenoxy) is 5. The van der Waals surface area contributed by atoms with Crippen LogP contribution in [0.4, 0.5) is 0 Å². The van der Waals surface area contributed by atoms with Crippen LogP contribution in [0.15, 0.2) is 61.2 Å². The van der Waals surface area contributed by atoms with Crippen LogP contribution in [-0.2, 0) is 35.2 Å². The van der Waals surface area contributed by atoms with Crippen molar-refractivity contribution in [3.05, 3.63) is 128 Å². The molecule has 0 amide bonds. The summed E-state index contributed by atoms with van der Waals surface area (Å²) >= 11 is 0. The number of fused-ring (bicyclic) bond motifs is 8. The molecular weight excluding hydrogens is 965 g/mol. The molecule has 0 saturated heterocycles. The van der Waals surface area contributed by atoms with Crippen LogP contribution in [0.1, 0.15) is 216 Å². The number of carbonyl (C=O) groups is 5. The molecule has 13 nitrogen and oxygen atoms in total. The molecule has 8 bridgehead atoms. The molecule has 4 aromatic rings. The summed E-state index contributed by atoms with van der Waals surface area (Å²) in [6.07, 6.45) is 12.5. The van der Waals surface area contributed by atoms with Crippen molar-refractivity contribution in [2.45, 2.75) is 156 Å². The number of hydrogen-bond donors (Lipinski definition) is 3. The third-order valence-corrected chi connectivity index (χ3v) is 13.6. The second-order valence-corrected chi connectivity index (χ2v) is 19.7. The SMILES string of the molecule is C=CC(=O)OCCOc1c2cc(C(=O)CCCCC)cc1Cc1cc(C(=O)CCCCC)cc(c1OCCO)Cc1cc(C(=O)CCCCC)cc(c1OCCO)Cc1cc(C(=O)CCCCC)cc(c1OCCO)C2. The van der Waals surface area contributed by atoms with Crippen LogP contribution in [0.2, 0.25) is 0 Å². The molecule has 0 aliphatic heterocycles. The number of unbranched alkanes of at least 4 members (excludes halogenated alkanes) is 8. The Balaban J connectivity index is 1.98. The standard InChI is InChI=1S/C63H82O13/c1-6-11-15-19-55(67)43-31-47-39-49-33-44(56(68)20-16-12-7-2)35-51(61(49)74-27-24-65)41-53-37-46(58(70)22-18-14-9-4)38-54(63(53)76-30-29-72-59(71)10-5)42-52-36-45(57(69)21-17-13-8-3)34-50(62(52)75-28-25-66)40-48(32-43)60(47)73-26-23-64/h10,31-38,64-66H,5-9,11-30,39-42H2,1-4H3. The Morgan fingerprint density at radius 1 is 0.395 bits per heavy atom. The molecule has 76 heavy (non-hydrogen) atoms. The minimum absolute atomic E-state index is 0.0683. The zero-order valence-corrected chi connectivity index (χ0v) is 45.6. The minimum atomic E-state index is -0.626. The summed E-state index contributed by atoms with van der Waals surface area (Å²) in [5.41, 5.74) is 6.32. The fraction of sp³-hybridized carbons (Fsp3) is 0.508. The molecule has 0 fully saturated rings. The van der Waals surface area contributed by atoms with Crippen molar-refractivity contribution < 1.29 is 63.0 Å². The van der Waals surface area contributed by atoms with Crippen LogP contribution in [0, 0.1) is 0 Å². The maximum absolute atomic E-state index is 14.4. The fourth-order valence-electron chi connectivity index (χ4n) is 9.78. The van der Waals surface area contributed by atoms with E-state index in [1.54, 1.807) is 12.1 Å². The van der Waals surface area contributed by atoms with Crippen LogP contribution in [0.5, 0.6) is 23.0 Å². The van der Waals surface area contributed by atoms with Crippen LogP contribution in [0.3, 0.4) is 0 Å². The quantitative estimate of drug-likeness (QED) is 0.0153. The average molecular weight is 1050 g/mol. The first kappa shape index (κ1) is 60.7. The van der Waals surface area contributed by atoms with Gasteiger partial charge in [0.1, 0.15) is 56.0 Å². The van der Waals surface area contributed by atoms with E-state index in [2.05, 4.69) is 34.3 Å². The monoisotopic (exact) mass is 1050 g/mol. The maximum atomic E-state index is 14.4. The highest BCUT2D eigenvalue weighted by molar-refractivity contribution is 5.99. The number of aliphatic hydroxyl groups is 3. The predicted molar refractivity (Wildman–Crippen MR) is 295 cm³/mol. The molecule has 0 unspecified atom stereocenters. The molecule has 0 heterocycles. The highest BCUT2D eigenvalue weighted by atomic mass is 16.6. The molecule has 0 spiro atoms. The van der Waals surface area contributed by atoms with Crippen LogP contribution in [0.25, 0.3) is 0 Å². The Bertz CT molecular complexity index is 2460. The lowest BCUT2D eigenvalue weighted by Gasteiger charge is -2.24. The van der Waals surface area contributed by atoms with Gasteiger partial charge < -0.3 is 39.0 Å². The molecular formula is C63H82O13. The number of carbonyl (C=O) groups excluding carboxylic acids is 5. The zero-order chi connectivity index (χ0) is 54.8. The van der Waals surface area contributed by atoms with E-state index in [1.807, 2.05) is 36.4 Å². The lowest BCUT2D eigenvalue weighted by atomic mass is 9.86. The van der Waals surface area contributed by atoms with E-state index < -0.39 is 5.97 Å². The molecule has 3 N–H and O–H groups in total. The number of aliphatic hydroxyl groups excluding tert-OH is 3. The Morgan fingerprint density at radius 3 is 0.842 bits per heavy atom. The summed E-state index contributed by atoms with van der Waals surface area (Å²) < 4.78 is 31.6. The lowest BCUT2D eigenvalue weighted by Crippen LogP contribution is -2.16. The van der Waals surface area contributed by atoms with E-state index in [0.29, 0.717) is 141 Å². The van der Waals surface area contributed by atoms with E-state index in [9.17, 15) is 39.3 Å². The van der Waals surface area contributed by atoms with Crippen LogP contribution >= 0.6 is 0 Å². The van der Waals surface area contributed by atoms with Gasteiger partial charge in [-0.05, 0) is 119 Å². The Kier molecular flexibility index (Phi) is 25.9. The maximum Gasteiger partial charge on any atom is 0.330 e. The van der Waals surface area contributed by atoms with E-state index in [4.69, 9.17) is 23.7 Å². The molecule has 4 aromatic carbocycles. The summed E-state index contributed by atoms with van der Waals surface area (Å²) in [4.78, 5) is 69.7. The summed E-state index contributed by atoms with van der Waals surface area (Å²) in [6.45, 7) is 10.4. The van der Waals surface area contributed by atoms with Gasteiger partial charge >= 0.3 is 5.97 Å². The summed E-state index contributed by atoms with van der Waals surface area (Å²) in [7, 11) is 0. The number of benzene rings is 4. The van der Waals surface area contributed by atoms with Gasteiger partial charge in [0.25, 0.3) is 0 Å². The smallest absolute Gasteiger partial charge is 0.330 e. The van der Waals surface area contributed by atoms with E-state index in [1.165, 1.54) is 0 Å². The second kappa shape index (κ2) is 32.4. The number of hydrogen-bond acceptors (Lipinski definition) is 13. The first-order valence-electron chi connectivity index (χ1n) is 27.8. The topological polar surface area (TPSA) is 192 Å². The Hall–Kier alpha value is -6.15. The zero-order valence-electron chi connectivity index (χ0n) is 45.6. The van der Waals surface area contributed by atoms with Gasteiger partial charge in [0, 0.05) is 79.7 Å². The van der Waals surface area contributed by atoms with E-state index in [0.717, 1.165) is 57.4 Å². The lowest BCUT2D eigenvalue weighted by molar-refractivity contribution is -0.138. The highest BCUT2D eigenvalue weighted by Crippen LogP contribution is 2.42. The van der Waals surface area contributed by atoms with Gasteiger partial charge in [-0.2, -0.15) is 0 Å². The summed E-state index contributed by atoms with van der Waals surface area (Å²) in [5.74, 6) is 0.633. The largest absolute Gasteiger partial charge is 0.491 e. The van der Waals surface area contributed by atoms with Crippen molar-refractivity contribution in [3.63, 3.8) is 0 Å². The number of esters is 1. The van der Waals surface area contributed by atoms with Crippen molar-refractivity contribution in [2.75, 3.05) is 52.9 Å². The molecule has 5 rings (SSSR count). The number of ketones is 4. The highest BCUT2D eigenvalue weighted by Gasteiger charge is 2.27. The third-order valence-electron chi connectivity index (χ3n) is 13.6. The van der Waals surface area contributed by atoms with Crippen molar-refractivity contribution in [2.24, 2.45) is 0 Å². The molecule has 13 heteroatoms. The first-order valence-corrected chi connectivity index (χ1v) is 27.8. The Morgan fingerprint density at radius 2 is 0.632 bits per heavy atom. The van der Waals surface area contributed by atoms with Gasteiger partial charge in [0.05, 0.1) is 19.8 Å². The van der Waals surface area contributed by atoms with Crippen molar-refractivity contribution >= 4 is 29.1 Å². The summed E-state index contributed by atoms with van der Waals surface area (Å²) in [5, 5.41) is 30.9. The molecule has 0 atom stereocenters. The molecule has 1 aliphatic carbocycles. The van der Waals surface area contributed by atoms with Gasteiger partial charge in [-0.1, -0.05) is 85.6 Å². The molecule has 1 aliphatic rings. The second-order valence-electron chi connectivity index (χ2n) is 19.7. The molecule has 0 saturated carbocycles. The van der Waals surface area contributed by atoms with Crippen LogP contribution < -0.4 is 18.9 Å². The number of Topliss-reactive ketones (excluding diaryl/α,β-unsaturated/α-hetero) is 4. The van der Waals surface area contributed by atoms with Gasteiger partial charge in [0.15, 0.2) is 23.1 Å². The Labute approximate surface area is 450 Å². The van der Waals surface area contributed by atoms with Gasteiger partial charge in [-0.3, -0.25) is 19.2 Å². The number of rotatable bonds is 34. The minimum Gasteiger partial charge on any atom is -0.491 e. The summed E-state index contributed by atoms with van der Waals surface area (Å²) in [6, 6.07) is 14.5.